The van der Waals surface area contributed by atoms with Crippen LogP contribution in [0.2, 0.25) is 0 Å². The predicted octanol–water partition coefficient (Wildman–Crippen LogP) is 3.07. The highest BCUT2D eigenvalue weighted by molar-refractivity contribution is 6.54. The van der Waals surface area contributed by atoms with Gasteiger partial charge in [-0.05, 0) is 30.7 Å². The van der Waals surface area contributed by atoms with Crippen LogP contribution >= 0.6 is 0 Å². The molecule has 1 N–H and O–H groups in total. The van der Waals surface area contributed by atoms with Crippen molar-refractivity contribution < 1.29 is 4.79 Å². The van der Waals surface area contributed by atoms with E-state index in [1.807, 2.05) is 55.5 Å². The summed E-state index contributed by atoms with van der Waals surface area (Å²) in [4.78, 5) is 16.3. The van der Waals surface area contributed by atoms with Crippen LogP contribution in [0.5, 0.6) is 0 Å². The van der Waals surface area contributed by atoms with Gasteiger partial charge in [0.25, 0.3) is 5.91 Å². The van der Waals surface area contributed by atoms with Gasteiger partial charge in [-0.3, -0.25) is 4.79 Å². The fourth-order valence-electron chi connectivity index (χ4n) is 2.04. The summed E-state index contributed by atoms with van der Waals surface area (Å²) < 4.78 is 0. The first-order chi connectivity index (χ1) is 8.74. The molecule has 3 rings (SSSR count). The Labute approximate surface area is 105 Å². The standard InChI is InChI=1S/C15H12N2O/c1-10-5-4-6-11(9-10)16-14-12-7-2-3-8-13(12)17-15(14)18/h2-9H,1H3,(H,16,17,18). The number of carbonyl (C=O) groups is 1. The summed E-state index contributed by atoms with van der Waals surface area (Å²) in [6.45, 7) is 2.01. The molecule has 1 aliphatic heterocycles. The molecule has 0 radical (unpaired) electrons. The molecule has 0 fully saturated rings. The van der Waals surface area contributed by atoms with Crippen molar-refractivity contribution in [3.8, 4) is 0 Å². The Morgan fingerprint density at radius 3 is 2.72 bits per heavy atom. The Balaban J connectivity index is 2.10. The van der Waals surface area contributed by atoms with E-state index in [0.717, 1.165) is 22.5 Å². The normalized spacial score (nSPS) is 15.6. The topological polar surface area (TPSA) is 41.5 Å². The van der Waals surface area contributed by atoms with Crippen LogP contribution in [0, 0.1) is 6.92 Å². The minimum absolute atomic E-state index is 0.141. The second kappa shape index (κ2) is 4.11. The number of hydrogen-bond acceptors (Lipinski definition) is 2. The molecule has 0 atom stereocenters. The number of hydrogen-bond donors (Lipinski definition) is 1. The summed E-state index contributed by atoms with van der Waals surface area (Å²) in [5.41, 5.74) is 4.11. The molecular weight excluding hydrogens is 224 g/mol. The summed E-state index contributed by atoms with van der Waals surface area (Å²) in [6, 6.07) is 15.4. The van der Waals surface area contributed by atoms with Crippen LogP contribution in [-0.2, 0) is 4.79 Å². The molecule has 0 aliphatic carbocycles. The zero-order chi connectivity index (χ0) is 12.5. The van der Waals surface area contributed by atoms with Gasteiger partial charge in [0.15, 0.2) is 0 Å². The van der Waals surface area contributed by atoms with Crippen LogP contribution in [0.1, 0.15) is 11.1 Å². The van der Waals surface area contributed by atoms with Gasteiger partial charge in [-0.1, -0.05) is 30.3 Å². The molecule has 0 saturated carbocycles. The third kappa shape index (κ3) is 1.80. The number of nitrogens with one attached hydrogen (secondary N) is 1. The fourth-order valence-corrected chi connectivity index (χ4v) is 2.04. The van der Waals surface area contributed by atoms with Crippen LogP contribution < -0.4 is 5.32 Å². The van der Waals surface area contributed by atoms with E-state index < -0.39 is 0 Å². The van der Waals surface area contributed by atoms with E-state index in [1.165, 1.54) is 0 Å². The Morgan fingerprint density at radius 2 is 1.89 bits per heavy atom. The van der Waals surface area contributed by atoms with Gasteiger partial charge in [-0.15, -0.1) is 0 Å². The summed E-state index contributed by atoms with van der Waals surface area (Å²) in [6.07, 6.45) is 0. The lowest BCUT2D eigenvalue weighted by Gasteiger charge is -1.98. The number of para-hydroxylation sites is 1. The van der Waals surface area contributed by atoms with Crippen molar-refractivity contribution in [1.29, 1.82) is 0 Å². The summed E-state index contributed by atoms with van der Waals surface area (Å²) in [5.74, 6) is -0.141. The molecular formula is C15H12N2O. The Bertz CT molecular complexity index is 659. The van der Waals surface area contributed by atoms with Crippen molar-refractivity contribution in [3.63, 3.8) is 0 Å². The van der Waals surface area contributed by atoms with Gasteiger partial charge in [0.2, 0.25) is 0 Å². The first kappa shape index (κ1) is 10.7. The number of aryl methyl sites for hydroxylation is 1. The zero-order valence-electron chi connectivity index (χ0n) is 9.97. The maximum absolute atomic E-state index is 11.9. The van der Waals surface area contributed by atoms with Crippen molar-refractivity contribution in [3.05, 3.63) is 59.7 Å². The SMILES string of the molecule is Cc1cccc(N=C2C(=O)Nc3ccccc32)c1. The van der Waals surface area contributed by atoms with Gasteiger partial charge in [-0.25, -0.2) is 4.99 Å². The lowest BCUT2D eigenvalue weighted by molar-refractivity contribution is -0.110. The van der Waals surface area contributed by atoms with Gasteiger partial charge in [-0.2, -0.15) is 0 Å². The fraction of sp³-hybridized carbons (Fsp3) is 0.0667. The third-order valence-corrected chi connectivity index (χ3v) is 2.89. The van der Waals surface area contributed by atoms with E-state index in [-0.39, 0.29) is 5.91 Å². The Morgan fingerprint density at radius 1 is 1.06 bits per heavy atom. The third-order valence-electron chi connectivity index (χ3n) is 2.89. The predicted molar refractivity (Wildman–Crippen MR) is 72.4 cm³/mol. The number of nitrogens with zero attached hydrogens (tertiary/aromatic N) is 1. The molecule has 3 heteroatoms. The largest absolute Gasteiger partial charge is 0.320 e. The Kier molecular flexibility index (Phi) is 2.45. The molecule has 3 nitrogen and oxygen atoms in total. The van der Waals surface area contributed by atoms with E-state index in [9.17, 15) is 4.79 Å². The van der Waals surface area contributed by atoms with E-state index in [0.29, 0.717) is 5.71 Å². The smallest absolute Gasteiger partial charge is 0.275 e. The van der Waals surface area contributed by atoms with Crippen molar-refractivity contribution in [2.45, 2.75) is 6.92 Å². The van der Waals surface area contributed by atoms with E-state index >= 15 is 0 Å². The highest BCUT2D eigenvalue weighted by atomic mass is 16.2. The molecule has 2 aromatic carbocycles. The molecule has 0 unspecified atom stereocenters. The molecule has 18 heavy (non-hydrogen) atoms. The zero-order valence-corrected chi connectivity index (χ0v) is 9.97. The second-order valence-corrected chi connectivity index (χ2v) is 4.30. The number of carbonyl (C=O) groups excluding carboxylic acids is 1. The van der Waals surface area contributed by atoms with Gasteiger partial charge in [0.1, 0.15) is 5.71 Å². The van der Waals surface area contributed by atoms with Crippen molar-refractivity contribution in [1.82, 2.24) is 0 Å². The lowest BCUT2D eigenvalue weighted by Crippen LogP contribution is -2.13. The molecule has 0 spiro atoms. The number of rotatable bonds is 1. The molecule has 1 amide bonds. The van der Waals surface area contributed by atoms with Gasteiger partial charge < -0.3 is 5.32 Å². The number of aliphatic imine (C=N–C) groups is 1. The Hall–Kier alpha value is -2.42. The highest BCUT2D eigenvalue weighted by Gasteiger charge is 2.25. The monoisotopic (exact) mass is 236 g/mol. The number of fused-ring (bicyclic) bond motifs is 1. The van der Waals surface area contributed by atoms with Gasteiger partial charge >= 0.3 is 0 Å². The average molecular weight is 236 g/mol. The van der Waals surface area contributed by atoms with E-state index in [4.69, 9.17) is 0 Å². The number of amides is 1. The minimum Gasteiger partial charge on any atom is -0.320 e. The quantitative estimate of drug-likeness (QED) is 0.812. The average Bonchev–Trinajstić information content (AvgIpc) is 2.66. The maximum Gasteiger partial charge on any atom is 0.275 e. The van der Waals surface area contributed by atoms with Crippen LogP contribution in [0.15, 0.2) is 53.5 Å². The highest BCUT2D eigenvalue weighted by Crippen LogP contribution is 2.25. The molecule has 0 saturated heterocycles. The van der Waals surface area contributed by atoms with Gasteiger partial charge in [0.05, 0.1) is 11.4 Å². The van der Waals surface area contributed by atoms with Crippen molar-refractivity contribution in [2.75, 3.05) is 5.32 Å². The summed E-state index contributed by atoms with van der Waals surface area (Å²) >= 11 is 0. The molecule has 1 aliphatic rings. The lowest BCUT2D eigenvalue weighted by atomic mass is 10.1. The molecule has 1 heterocycles. The molecule has 88 valence electrons. The van der Waals surface area contributed by atoms with E-state index in [2.05, 4.69) is 10.3 Å². The molecule has 0 bridgehead atoms. The second-order valence-electron chi connectivity index (χ2n) is 4.30. The van der Waals surface area contributed by atoms with E-state index in [1.54, 1.807) is 0 Å². The minimum atomic E-state index is -0.141. The summed E-state index contributed by atoms with van der Waals surface area (Å²) in [7, 11) is 0. The summed E-state index contributed by atoms with van der Waals surface area (Å²) in [5, 5.41) is 2.81. The number of benzene rings is 2. The molecule has 2 aromatic rings. The maximum atomic E-state index is 11.9. The van der Waals surface area contributed by atoms with Gasteiger partial charge in [0, 0.05) is 5.56 Å². The van der Waals surface area contributed by atoms with Crippen LogP contribution in [0.25, 0.3) is 0 Å². The van der Waals surface area contributed by atoms with Crippen molar-refractivity contribution >= 4 is 23.0 Å². The molecule has 0 aromatic heterocycles. The number of anilines is 1. The first-order valence-corrected chi connectivity index (χ1v) is 5.80. The van der Waals surface area contributed by atoms with Crippen LogP contribution in [0.3, 0.4) is 0 Å². The van der Waals surface area contributed by atoms with Crippen LogP contribution in [0.4, 0.5) is 11.4 Å². The van der Waals surface area contributed by atoms with Crippen LogP contribution in [-0.4, -0.2) is 11.6 Å². The van der Waals surface area contributed by atoms with Crippen molar-refractivity contribution in [2.24, 2.45) is 4.99 Å². The first-order valence-electron chi connectivity index (χ1n) is 5.80.